The first-order valence-corrected chi connectivity index (χ1v) is 7.50. The Hall–Kier alpha value is -1.79. The molecule has 5 amide bonds. The molecular formula is C14H15Cl2N3O3. The number of rotatable bonds is 3. The van der Waals surface area contributed by atoms with E-state index in [1.807, 2.05) is 13.8 Å². The van der Waals surface area contributed by atoms with Gasteiger partial charge >= 0.3 is 12.1 Å². The molecule has 118 valence electrons. The highest BCUT2D eigenvalue weighted by molar-refractivity contribution is 6.35. The Kier molecular flexibility index (Phi) is 4.93. The Labute approximate surface area is 138 Å². The van der Waals surface area contributed by atoms with Gasteiger partial charge in [0.2, 0.25) is 0 Å². The lowest BCUT2D eigenvalue weighted by atomic mass is 10.3. The summed E-state index contributed by atoms with van der Waals surface area (Å²) < 4.78 is 0. The van der Waals surface area contributed by atoms with Crippen LogP contribution in [-0.4, -0.2) is 35.5 Å². The molecule has 8 heteroatoms. The highest BCUT2D eigenvalue weighted by atomic mass is 35.5. The molecule has 1 N–H and O–H groups in total. The van der Waals surface area contributed by atoms with Gasteiger partial charge in [0, 0.05) is 16.1 Å². The lowest BCUT2D eigenvalue weighted by Crippen LogP contribution is -2.45. The maximum atomic E-state index is 12.3. The van der Waals surface area contributed by atoms with Crippen LogP contribution in [0.4, 0.5) is 15.3 Å². The molecule has 0 aromatic heterocycles. The first-order chi connectivity index (χ1) is 10.3. The van der Waals surface area contributed by atoms with E-state index in [1.165, 1.54) is 18.2 Å². The summed E-state index contributed by atoms with van der Waals surface area (Å²) in [6.07, 6.45) is 0.718. The topological polar surface area (TPSA) is 69.7 Å². The average Bonchev–Trinajstić information content (AvgIpc) is 2.72. The van der Waals surface area contributed by atoms with Crippen molar-refractivity contribution < 1.29 is 14.4 Å². The fourth-order valence-corrected chi connectivity index (χ4v) is 2.49. The lowest BCUT2D eigenvalue weighted by molar-refractivity contribution is -0.116. The molecule has 2 rings (SSSR count). The second kappa shape index (κ2) is 6.54. The highest BCUT2D eigenvalue weighted by Crippen LogP contribution is 2.28. The molecule has 1 aromatic rings. The number of hydrogen-bond donors (Lipinski definition) is 1. The number of imide groups is 2. The number of nitrogens with zero attached hydrogens (tertiary/aromatic N) is 2. The number of nitrogens with one attached hydrogen (secondary N) is 1. The van der Waals surface area contributed by atoms with Crippen LogP contribution >= 0.6 is 23.2 Å². The summed E-state index contributed by atoms with van der Waals surface area (Å²) in [6, 6.07) is 2.97. The predicted octanol–water partition coefficient (Wildman–Crippen LogP) is 3.27. The van der Waals surface area contributed by atoms with Gasteiger partial charge in [0.05, 0.1) is 5.69 Å². The molecule has 0 bridgehead atoms. The number of carbonyl (C=O) groups is 3. The minimum Gasteiger partial charge on any atom is -0.335 e. The maximum Gasteiger partial charge on any atom is 0.340 e. The van der Waals surface area contributed by atoms with E-state index in [0.29, 0.717) is 10.0 Å². The van der Waals surface area contributed by atoms with Gasteiger partial charge in [0.15, 0.2) is 0 Å². The van der Waals surface area contributed by atoms with E-state index in [0.717, 1.165) is 16.2 Å². The van der Waals surface area contributed by atoms with Crippen LogP contribution in [-0.2, 0) is 4.79 Å². The summed E-state index contributed by atoms with van der Waals surface area (Å²) in [4.78, 5) is 38.2. The number of benzene rings is 1. The van der Waals surface area contributed by atoms with Crippen molar-refractivity contribution in [3.8, 4) is 0 Å². The number of halogens is 2. The third kappa shape index (κ3) is 3.34. The molecule has 22 heavy (non-hydrogen) atoms. The first kappa shape index (κ1) is 16.6. The molecule has 0 radical (unpaired) electrons. The molecule has 1 saturated heterocycles. The van der Waals surface area contributed by atoms with Crippen LogP contribution in [0.1, 0.15) is 20.3 Å². The minimum atomic E-state index is -0.718. The minimum absolute atomic E-state index is 0.0925. The van der Waals surface area contributed by atoms with Crippen LogP contribution in [0.25, 0.3) is 0 Å². The van der Waals surface area contributed by atoms with Crippen molar-refractivity contribution in [1.29, 1.82) is 0 Å². The number of amides is 5. The Morgan fingerprint density at radius 1 is 1.27 bits per heavy atom. The number of hydrogen-bond acceptors (Lipinski definition) is 3. The summed E-state index contributed by atoms with van der Waals surface area (Å²) in [7, 11) is 0. The second-order valence-corrected chi connectivity index (χ2v) is 5.86. The van der Waals surface area contributed by atoms with Crippen molar-refractivity contribution in [2.45, 2.75) is 26.3 Å². The van der Waals surface area contributed by atoms with Gasteiger partial charge in [-0.25, -0.2) is 19.4 Å². The van der Waals surface area contributed by atoms with Gasteiger partial charge in [0.1, 0.15) is 6.54 Å². The van der Waals surface area contributed by atoms with Gasteiger partial charge in [-0.05, 0) is 31.5 Å². The first-order valence-electron chi connectivity index (χ1n) is 6.74. The molecule has 1 aliphatic rings. The van der Waals surface area contributed by atoms with E-state index in [2.05, 4.69) is 5.32 Å². The van der Waals surface area contributed by atoms with Crippen LogP contribution in [0.2, 0.25) is 10.0 Å². The van der Waals surface area contributed by atoms with E-state index < -0.39 is 18.0 Å². The third-order valence-electron chi connectivity index (χ3n) is 3.30. The van der Waals surface area contributed by atoms with Crippen LogP contribution in [0.15, 0.2) is 18.2 Å². The molecule has 1 unspecified atom stereocenters. The number of anilines is 1. The molecule has 1 fully saturated rings. The summed E-state index contributed by atoms with van der Waals surface area (Å²) in [5.41, 5.74) is 0.242. The molecule has 0 aliphatic carbocycles. The van der Waals surface area contributed by atoms with Gasteiger partial charge in [-0.2, -0.15) is 0 Å². The van der Waals surface area contributed by atoms with Crippen molar-refractivity contribution in [3.05, 3.63) is 28.2 Å². The van der Waals surface area contributed by atoms with Gasteiger partial charge < -0.3 is 5.32 Å². The van der Waals surface area contributed by atoms with E-state index in [1.54, 1.807) is 0 Å². The molecule has 1 aliphatic heterocycles. The van der Waals surface area contributed by atoms with Crippen molar-refractivity contribution in [1.82, 2.24) is 10.2 Å². The zero-order valence-electron chi connectivity index (χ0n) is 12.1. The summed E-state index contributed by atoms with van der Waals surface area (Å²) in [5, 5.41) is 3.25. The monoisotopic (exact) mass is 343 g/mol. The normalized spacial score (nSPS) is 16.2. The Bertz CT molecular complexity index is 616. The zero-order chi connectivity index (χ0) is 16.4. The van der Waals surface area contributed by atoms with Crippen molar-refractivity contribution in [2.24, 2.45) is 0 Å². The lowest BCUT2D eigenvalue weighted by Gasteiger charge is -2.19. The number of urea groups is 2. The summed E-state index contributed by atoms with van der Waals surface area (Å²) >= 11 is 11.8. The van der Waals surface area contributed by atoms with Gasteiger partial charge in [-0.3, -0.25) is 4.79 Å². The molecule has 0 spiro atoms. The fourth-order valence-electron chi connectivity index (χ4n) is 1.97. The standard InChI is InChI=1S/C14H15Cl2N3O3/c1-3-8(2)17-13(21)18-7-12(20)19(14(18)22)11-5-9(15)4-10(16)6-11/h4-6,8H,3,7H2,1-2H3,(H,17,21). The fraction of sp³-hybridized carbons (Fsp3) is 0.357. The molecule has 0 saturated carbocycles. The van der Waals surface area contributed by atoms with E-state index >= 15 is 0 Å². The Morgan fingerprint density at radius 2 is 1.86 bits per heavy atom. The molecule has 6 nitrogen and oxygen atoms in total. The zero-order valence-corrected chi connectivity index (χ0v) is 13.6. The number of carbonyl (C=O) groups excluding carboxylic acids is 3. The quantitative estimate of drug-likeness (QED) is 0.856. The van der Waals surface area contributed by atoms with Crippen LogP contribution in [0.5, 0.6) is 0 Å². The summed E-state index contributed by atoms with van der Waals surface area (Å²) in [5.74, 6) is -0.511. The van der Waals surface area contributed by atoms with Crippen LogP contribution in [0, 0.1) is 0 Å². The third-order valence-corrected chi connectivity index (χ3v) is 3.73. The van der Waals surface area contributed by atoms with E-state index in [9.17, 15) is 14.4 Å². The van der Waals surface area contributed by atoms with Gasteiger partial charge in [0.25, 0.3) is 5.91 Å². The smallest absolute Gasteiger partial charge is 0.335 e. The predicted molar refractivity (Wildman–Crippen MR) is 84.3 cm³/mol. The Morgan fingerprint density at radius 3 is 2.41 bits per heavy atom. The largest absolute Gasteiger partial charge is 0.340 e. The van der Waals surface area contributed by atoms with Crippen LogP contribution in [0.3, 0.4) is 0 Å². The van der Waals surface area contributed by atoms with Gasteiger partial charge in [-0.1, -0.05) is 30.1 Å². The highest BCUT2D eigenvalue weighted by Gasteiger charge is 2.41. The second-order valence-electron chi connectivity index (χ2n) is 4.98. The SMILES string of the molecule is CCC(C)NC(=O)N1CC(=O)N(c2cc(Cl)cc(Cl)c2)C1=O. The van der Waals surface area contributed by atoms with Crippen LogP contribution < -0.4 is 10.2 Å². The van der Waals surface area contributed by atoms with E-state index in [4.69, 9.17) is 23.2 Å². The molecular weight excluding hydrogens is 329 g/mol. The average molecular weight is 344 g/mol. The molecule has 1 heterocycles. The molecule has 1 aromatic carbocycles. The maximum absolute atomic E-state index is 12.3. The van der Waals surface area contributed by atoms with Crippen molar-refractivity contribution in [2.75, 3.05) is 11.4 Å². The van der Waals surface area contributed by atoms with Crippen molar-refractivity contribution in [3.63, 3.8) is 0 Å². The van der Waals surface area contributed by atoms with Gasteiger partial charge in [-0.15, -0.1) is 0 Å². The molecule has 1 atom stereocenters. The van der Waals surface area contributed by atoms with Crippen molar-refractivity contribution >= 4 is 46.9 Å². The van der Waals surface area contributed by atoms with E-state index in [-0.39, 0.29) is 18.3 Å². The summed E-state index contributed by atoms with van der Waals surface area (Å²) in [6.45, 7) is 3.40. The Balaban J connectivity index is 2.23.